The highest BCUT2D eigenvalue weighted by Gasteiger charge is 2.38. The number of benzene rings is 1. The second kappa shape index (κ2) is 3.87. The van der Waals surface area contributed by atoms with Crippen molar-refractivity contribution in [2.75, 3.05) is 12.4 Å². The van der Waals surface area contributed by atoms with Gasteiger partial charge in [-0.3, -0.25) is 9.59 Å². The summed E-state index contributed by atoms with van der Waals surface area (Å²) >= 11 is 0. The lowest BCUT2D eigenvalue weighted by Crippen LogP contribution is -2.26. The molecule has 0 saturated heterocycles. The quantitative estimate of drug-likeness (QED) is 0.790. The SMILES string of the molecule is COC(=O)Cc1ccc2c(c1)C(C)(C)C(=O)N2. The number of anilines is 1. The molecule has 1 amide bonds. The van der Waals surface area contributed by atoms with Gasteiger partial charge in [0.15, 0.2) is 0 Å². The number of hydrogen-bond donors (Lipinski definition) is 1. The van der Waals surface area contributed by atoms with Gasteiger partial charge in [0.05, 0.1) is 18.9 Å². The van der Waals surface area contributed by atoms with Crippen molar-refractivity contribution in [1.29, 1.82) is 0 Å². The minimum atomic E-state index is -0.540. The Hall–Kier alpha value is -1.84. The molecule has 0 atom stereocenters. The fraction of sp³-hybridized carbons (Fsp3) is 0.385. The molecule has 4 nitrogen and oxygen atoms in total. The molecule has 1 aromatic rings. The van der Waals surface area contributed by atoms with Crippen LogP contribution in [-0.2, 0) is 26.2 Å². The Kier molecular flexibility index (Phi) is 2.65. The lowest BCUT2D eigenvalue weighted by Gasteiger charge is -2.15. The molecule has 0 saturated carbocycles. The van der Waals surface area contributed by atoms with Gasteiger partial charge in [0.2, 0.25) is 5.91 Å². The highest BCUT2D eigenvalue weighted by molar-refractivity contribution is 6.05. The lowest BCUT2D eigenvalue weighted by molar-refractivity contribution is -0.139. The van der Waals surface area contributed by atoms with Gasteiger partial charge >= 0.3 is 5.97 Å². The summed E-state index contributed by atoms with van der Waals surface area (Å²) in [5.41, 5.74) is 2.08. The summed E-state index contributed by atoms with van der Waals surface area (Å²) in [6.07, 6.45) is 0.230. The fourth-order valence-corrected chi connectivity index (χ4v) is 1.97. The lowest BCUT2D eigenvalue weighted by atomic mass is 9.85. The van der Waals surface area contributed by atoms with Crippen molar-refractivity contribution in [2.45, 2.75) is 25.7 Å². The predicted octanol–water partition coefficient (Wildman–Crippen LogP) is 1.63. The zero-order valence-electron chi connectivity index (χ0n) is 10.2. The number of rotatable bonds is 2. The molecule has 0 unspecified atom stereocenters. The number of hydrogen-bond acceptors (Lipinski definition) is 3. The van der Waals surface area contributed by atoms with Crippen molar-refractivity contribution in [3.63, 3.8) is 0 Å². The van der Waals surface area contributed by atoms with Crippen LogP contribution in [0.3, 0.4) is 0 Å². The van der Waals surface area contributed by atoms with Crippen LogP contribution in [0.1, 0.15) is 25.0 Å². The second-order valence-corrected chi connectivity index (χ2v) is 4.71. The summed E-state index contributed by atoms with van der Waals surface area (Å²) in [6.45, 7) is 3.74. The first-order valence-electron chi connectivity index (χ1n) is 5.47. The average molecular weight is 233 g/mol. The molecule has 1 aliphatic heterocycles. The van der Waals surface area contributed by atoms with Crippen molar-refractivity contribution >= 4 is 17.6 Å². The molecule has 0 spiro atoms. The van der Waals surface area contributed by atoms with E-state index < -0.39 is 5.41 Å². The van der Waals surface area contributed by atoms with Gasteiger partial charge in [-0.2, -0.15) is 0 Å². The van der Waals surface area contributed by atoms with Gasteiger partial charge < -0.3 is 10.1 Å². The number of fused-ring (bicyclic) bond motifs is 1. The molecule has 1 aromatic carbocycles. The van der Waals surface area contributed by atoms with Crippen molar-refractivity contribution < 1.29 is 14.3 Å². The van der Waals surface area contributed by atoms with Crippen molar-refractivity contribution in [3.8, 4) is 0 Å². The molecule has 4 heteroatoms. The van der Waals surface area contributed by atoms with Gasteiger partial charge in [-0.25, -0.2) is 0 Å². The monoisotopic (exact) mass is 233 g/mol. The molecule has 17 heavy (non-hydrogen) atoms. The maximum absolute atomic E-state index is 11.7. The van der Waals surface area contributed by atoms with Crippen LogP contribution in [0.25, 0.3) is 0 Å². The topological polar surface area (TPSA) is 55.4 Å². The van der Waals surface area contributed by atoms with Crippen LogP contribution >= 0.6 is 0 Å². The maximum atomic E-state index is 11.7. The largest absolute Gasteiger partial charge is 0.469 e. The Morgan fingerprint density at radius 1 is 1.41 bits per heavy atom. The second-order valence-electron chi connectivity index (χ2n) is 4.71. The molecule has 0 bridgehead atoms. The Morgan fingerprint density at radius 3 is 2.76 bits per heavy atom. The van der Waals surface area contributed by atoms with E-state index >= 15 is 0 Å². The summed E-state index contributed by atoms with van der Waals surface area (Å²) in [7, 11) is 1.37. The third kappa shape index (κ3) is 1.90. The standard InChI is InChI=1S/C13H15NO3/c1-13(2)9-6-8(7-11(15)17-3)4-5-10(9)14-12(13)16/h4-6H,7H2,1-3H3,(H,14,16). The van der Waals surface area contributed by atoms with Crippen LogP contribution in [-0.4, -0.2) is 19.0 Å². The van der Waals surface area contributed by atoms with Crippen LogP contribution in [0.4, 0.5) is 5.69 Å². The Bertz CT molecular complexity index is 491. The van der Waals surface area contributed by atoms with Gasteiger partial charge in [0.25, 0.3) is 0 Å². The van der Waals surface area contributed by atoms with E-state index in [1.807, 2.05) is 32.0 Å². The molecule has 1 N–H and O–H groups in total. The molecule has 0 aromatic heterocycles. The predicted molar refractivity (Wildman–Crippen MR) is 63.8 cm³/mol. The highest BCUT2D eigenvalue weighted by atomic mass is 16.5. The van der Waals surface area contributed by atoms with Crippen molar-refractivity contribution in [1.82, 2.24) is 0 Å². The van der Waals surface area contributed by atoms with Gasteiger partial charge in [-0.15, -0.1) is 0 Å². The first kappa shape index (κ1) is 11.6. The van der Waals surface area contributed by atoms with E-state index in [1.165, 1.54) is 7.11 Å². The van der Waals surface area contributed by atoms with Gasteiger partial charge in [0.1, 0.15) is 0 Å². The normalized spacial score (nSPS) is 16.3. The zero-order valence-corrected chi connectivity index (χ0v) is 10.2. The minimum absolute atomic E-state index is 0.0114. The number of esters is 1. The van der Waals surface area contributed by atoms with E-state index in [-0.39, 0.29) is 18.3 Å². The first-order valence-corrected chi connectivity index (χ1v) is 5.47. The zero-order chi connectivity index (χ0) is 12.6. The summed E-state index contributed by atoms with van der Waals surface area (Å²) in [4.78, 5) is 22.9. The minimum Gasteiger partial charge on any atom is -0.469 e. The highest BCUT2D eigenvalue weighted by Crippen LogP contribution is 2.37. The molecule has 0 aliphatic carbocycles. The number of nitrogens with one attached hydrogen (secondary N) is 1. The van der Waals surface area contributed by atoms with E-state index in [0.29, 0.717) is 0 Å². The summed E-state index contributed by atoms with van der Waals surface area (Å²) in [5.74, 6) is -0.289. The Labute approximate surface area is 100.0 Å². The third-order valence-corrected chi connectivity index (χ3v) is 3.15. The Balaban J connectivity index is 2.35. The fourth-order valence-electron chi connectivity index (χ4n) is 1.97. The number of carbonyl (C=O) groups is 2. The van der Waals surface area contributed by atoms with Gasteiger partial charge in [-0.05, 0) is 31.0 Å². The molecule has 1 heterocycles. The number of methoxy groups -OCH3 is 1. The summed E-state index contributed by atoms with van der Waals surface area (Å²) in [5, 5.41) is 2.83. The molecule has 0 fully saturated rings. The maximum Gasteiger partial charge on any atom is 0.309 e. The summed E-state index contributed by atoms with van der Waals surface area (Å²) < 4.78 is 4.63. The van der Waals surface area contributed by atoms with Crippen molar-refractivity contribution in [3.05, 3.63) is 29.3 Å². The van der Waals surface area contributed by atoms with Gasteiger partial charge in [-0.1, -0.05) is 12.1 Å². The number of amides is 1. The average Bonchev–Trinajstić information content (AvgIpc) is 2.51. The number of carbonyl (C=O) groups excluding carboxylic acids is 2. The van der Waals surface area contributed by atoms with Crippen LogP contribution in [0.15, 0.2) is 18.2 Å². The molecular formula is C13H15NO3. The van der Waals surface area contributed by atoms with Crippen LogP contribution in [0.2, 0.25) is 0 Å². The smallest absolute Gasteiger partial charge is 0.309 e. The molecule has 90 valence electrons. The third-order valence-electron chi connectivity index (χ3n) is 3.15. The molecule has 1 aliphatic rings. The first-order chi connectivity index (χ1) is 7.95. The van der Waals surface area contributed by atoms with Crippen LogP contribution in [0, 0.1) is 0 Å². The van der Waals surface area contributed by atoms with Crippen LogP contribution in [0.5, 0.6) is 0 Å². The van der Waals surface area contributed by atoms with E-state index in [0.717, 1.165) is 16.8 Å². The summed E-state index contributed by atoms with van der Waals surface area (Å²) in [6, 6.07) is 5.56. The molecular weight excluding hydrogens is 218 g/mol. The molecule has 2 rings (SSSR count). The van der Waals surface area contributed by atoms with Crippen LogP contribution < -0.4 is 5.32 Å². The van der Waals surface area contributed by atoms with E-state index in [4.69, 9.17) is 0 Å². The number of ether oxygens (including phenoxy) is 1. The van der Waals surface area contributed by atoms with E-state index in [2.05, 4.69) is 10.1 Å². The van der Waals surface area contributed by atoms with Gasteiger partial charge in [0, 0.05) is 5.69 Å². The molecule has 0 radical (unpaired) electrons. The van der Waals surface area contributed by atoms with E-state index in [9.17, 15) is 9.59 Å². The Morgan fingerprint density at radius 2 is 2.12 bits per heavy atom. The van der Waals surface area contributed by atoms with Crippen molar-refractivity contribution in [2.24, 2.45) is 0 Å². The van der Waals surface area contributed by atoms with E-state index in [1.54, 1.807) is 0 Å².